The molecule has 0 fully saturated rings. The fourth-order valence-corrected chi connectivity index (χ4v) is 2.12. The van der Waals surface area contributed by atoms with Crippen molar-refractivity contribution in [3.8, 4) is 0 Å². The molecule has 1 heterocycles. The van der Waals surface area contributed by atoms with Crippen LogP contribution in [-0.4, -0.2) is 32.2 Å². The van der Waals surface area contributed by atoms with Crippen molar-refractivity contribution in [2.45, 2.75) is 6.92 Å². The van der Waals surface area contributed by atoms with E-state index in [2.05, 4.69) is 15.0 Å². The molecule has 0 spiro atoms. The molecule has 0 bridgehead atoms. The standard InChI is InChI=1S/C9H12F3N3O2S/c1-2-14-18(16,17)4-3-13-9-7(11)5-6(10)8(12)15-9/h5,14H,2-4H2,1H3,(H,13,15). The van der Waals surface area contributed by atoms with Gasteiger partial charge < -0.3 is 5.32 Å². The minimum Gasteiger partial charge on any atom is -0.366 e. The maximum atomic E-state index is 13.1. The largest absolute Gasteiger partial charge is 0.366 e. The molecule has 18 heavy (non-hydrogen) atoms. The number of halogens is 3. The molecule has 2 N–H and O–H groups in total. The fourth-order valence-electron chi connectivity index (χ4n) is 1.16. The Labute approximate surface area is 102 Å². The quantitative estimate of drug-likeness (QED) is 0.759. The highest BCUT2D eigenvalue weighted by Crippen LogP contribution is 2.13. The van der Waals surface area contributed by atoms with Crippen LogP contribution in [0.25, 0.3) is 0 Å². The van der Waals surface area contributed by atoms with E-state index in [9.17, 15) is 21.6 Å². The first-order valence-corrected chi connectivity index (χ1v) is 6.73. The van der Waals surface area contributed by atoms with Gasteiger partial charge in [0.05, 0.1) is 5.75 Å². The van der Waals surface area contributed by atoms with Gasteiger partial charge in [0.25, 0.3) is 5.95 Å². The Morgan fingerprint density at radius 3 is 2.56 bits per heavy atom. The van der Waals surface area contributed by atoms with Gasteiger partial charge in [-0.2, -0.15) is 9.37 Å². The highest BCUT2D eigenvalue weighted by molar-refractivity contribution is 7.89. The van der Waals surface area contributed by atoms with Crippen LogP contribution in [0.15, 0.2) is 6.07 Å². The summed E-state index contributed by atoms with van der Waals surface area (Å²) in [7, 11) is -3.46. The van der Waals surface area contributed by atoms with Gasteiger partial charge in [0.15, 0.2) is 17.5 Å². The minimum atomic E-state index is -3.46. The predicted octanol–water partition coefficient (Wildman–Crippen LogP) is 0.850. The smallest absolute Gasteiger partial charge is 0.251 e. The summed E-state index contributed by atoms with van der Waals surface area (Å²) in [5, 5.41) is 2.28. The maximum absolute atomic E-state index is 13.1. The maximum Gasteiger partial charge on any atom is 0.251 e. The summed E-state index contributed by atoms with van der Waals surface area (Å²) in [6.07, 6.45) is 0. The molecule has 0 atom stereocenters. The van der Waals surface area contributed by atoms with Crippen molar-refractivity contribution in [3.63, 3.8) is 0 Å². The summed E-state index contributed by atoms with van der Waals surface area (Å²) in [6, 6.07) is 0.337. The van der Waals surface area contributed by atoms with Crippen LogP contribution in [-0.2, 0) is 10.0 Å². The lowest BCUT2D eigenvalue weighted by atomic mass is 10.4. The fraction of sp³-hybridized carbons (Fsp3) is 0.444. The van der Waals surface area contributed by atoms with E-state index >= 15 is 0 Å². The predicted molar refractivity (Wildman–Crippen MR) is 60.1 cm³/mol. The molecule has 9 heteroatoms. The molecule has 0 radical (unpaired) electrons. The lowest BCUT2D eigenvalue weighted by Gasteiger charge is -2.07. The van der Waals surface area contributed by atoms with Gasteiger partial charge in [-0.1, -0.05) is 6.92 Å². The van der Waals surface area contributed by atoms with Crippen molar-refractivity contribution in [2.24, 2.45) is 0 Å². The molecule has 0 unspecified atom stereocenters. The zero-order valence-corrected chi connectivity index (χ0v) is 10.3. The summed E-state index contributed by atoms with van der Waals surface area (Å²) in [5.41, 5.74) is 0. The molecule has 0 amide bonds. The molecule has 1 aromatic rings. The summed E-state index contributed by atoms with van der Waals surface area (Å²) in [5.74, 6) is -4.80. The molecular formula is C9H12F3N3O2S. The Morgan fingerprint density at radius 1 is 1.28 bits per heavy atom. The first-order valence-electron chi connectivity index (χ1n) is 5.08. The third kappa shape index (κ3) is 4.15. The van der Waals surface area contributed by atoms with Crippen molar-refractivity contribution in [2.75, 3.05) is 24.2 Å². The Bertz CT molecular complexity index is 522. The van der Waals surface area contributed by atoms with Gasteiger partial charge in [0.1, 0.15) is 0 Å². The van der Waals surface area contributed by atoms with Crippen LogP contribution in [0.2, 0.25) is 0 Å². The third-order valence-electron chi connectivity index (χ3n) is 1.91. The molecule has 0 aliphatic carbocycles. The highest BCUT2D eigenvalue weighted by Gasteiger charge is 2.13. The molecule has 0 aliphatic rings. The summed E-state index contributed by atoms with van der Waals surface area (Å²) in [6.45, 7) is 1.67. The molecule has 1 aromatic heterocycles. The van der Waals surface area contributed by atoms with Gasteiger partial charge in [-0.3, -0.25) is 0 Å². The number of nitrogens with zero attached hydrogens (tertiary/aromatic N) is 1. The van der Waals surface area contributed by atoms with E-state index in [-0.39, 0.29) is 18.8 Å². The van der Waals surface area contributed by atoms with E-state index in [1.54, 1.807) is 6.92 Å². The Balaban J connectivity index is 2.62. The molecule has 0 aliphatic heterocycles. The van der Waals surface area contributed by atoms with Gasteiger partial charge in [-0.15, -0.1) is 0 Å². The van der Waals surface area contributed by atoms with E-state index in [1.807, 2.05) is 0 Å². The Morgan fingerprint density at radius 2 is 1.94 bits per heavy atom. The second kappa shape index (κ2) is 6.01. The first-order chi connectivity index (χ1) is 8.35. The average molecular weight is 283 g/mol. The number of hydrogen-bond donors (Lipinski definition) is 2. The summed E-state index contributed by atoms with van der Waals surface area (Å²) < 4.78 is 63.1. The highest BCUT2D eigenvalue weighted by atomic mass is 32.2. The van der Waals surface area contributed by atoms with Crippen molar-refractivity contribution < 1.29 is 21.6 Å². The molecule has 5 nitrogen and oxygen atoms in total. The monoisotopic (exact) mass is 283 g/mol. The van der Waals surface area contributed by atoms with Gasteiger partial charge in [0, 0.05) is 19.2 Å². The Hall–Kier alpha value is -1.35. The number of nitrogens with one attached hydrogen (secondary N) is 2. The number of anilines is 1. The SMILES string of the molecule is CCNS(=O)(=O)CCNc1nc(F)c(F)cc1F. The number of hydrogen-bond acceptors (Lipinski definition) is 4. The van der Waals surface area contributed by atoms with Gasteiger partial charge in [-0.25, -0.2) is 21.9 Å². The van der Waals surface area contributed by atoms with Crippen LogP contribution < -0.4 is 10.0 Å². The van der Waals surface area contributed by atoms with Crippen molar-refractivity contribution in [1.29, 1.82) is 0 Å². The van der Waals surface area contributed by atoms with E-state index in [0.717, 1.165) is 0 Å². The van der Waals surface area contributed by atoms with Crippen molar-refractivity contribution >= 4 is 15.8 Å². The summed E-state index contributed by atoms with van der Waals surface area (Å²) in [4.78, 5) is 2.99. The van der Waals surface area contributed by atoms with E-state index in [1.165, 1.54) is 0 Å². The third-order valence-corrected chi connectivity index (χ3v) is 3.38. The van der Waals surface area contributed by atoms with Crippen LogP contribution in [0.1, 0.15) is 6.92 Å². The number of sulfonamides is 1. The lowest BCUT2D eigenvalue weighted by Crippen LogP contribution is -2.29. The van der Waals surface area contributed by atoms with E-state index in [4.69, 9.17) is 0 Å². The first kappa shape index (κ1) is 14.7. The van der Waals surface area contributed by atoms with E-state index < -0.39 is 33.4 Å². The van der Waals surface area contributed by atoms with Crippen LogP contribution >= 0.6 is 0 Å². The molecule has 0 saturated carbocycles. The second-order valence-corrected chi connectivity index (χ2v) is 5.26. The van der Waals surface area contributed by atoms with Gasteiger partial charge >= 0.3 is 0 Å². The van der Waals surface area contributed by atoms with Gasteiger partial charge in [0.2, 0.25) is 10.0 Å². The molecule has 0 saturated heterocycles. The molecular weight excluding hydrogens is 271 g/mol. The summed E-state index contributed by atoms with van der Waals surface area (Å²) >= 11 is 0. The average Bonchev–Trinajstić information content (AvgIpc) is 2.25. The second-order valence-electron chi connectivity index (χ2n) is 3.33. The zero-order valence-electron chi connectivity index (χ0n) is 9.50. The van der Waals surface area contributed by atoms with Gasteiger partial charge in [-0.05, 0) is 0 Å². The van der Waals surface area contributed by atoms with Crippen molar-refractivity contribution in [1.82, 2.24) is 9.71 Å². The number of rotatable bonds is 6. The minimum absolute atomic E-state index is 0.176. The van der Waals surface area contributed by atoms with Crippen molar-refractivity contribution in [3.05, 3.63) is 23.6 Å². The molecule has 0 aromatic carbocycles. The number of pyridine rings is 1. The van der Waals surface area contributed by atoms with Crippen LogP contribution in [0, 0.1) is 17.6 Å². The number of aromatic nitrogens is 1. The Kier molecular flexibility index (Phi) is 4.91. The molecule has 1 rings (SSSR count). The van der Waals surface area contributed by atoms with Crippen LogP contribution in [0.4, 0.5) is 19.0 Å². The lowest BCUT2D eigenvalue weighted by molar-refractivity contribution is 0.466. The molecule has 102 valence electrons. The van der Waals surface area contributed by atoms with E-state index in [0.29, 0.717) is 6.07 Å². The zero-order chi connectivity index (χ0) is 13.8. The normalized spacial score (nSPS) is 11.6. The topological polar surface area (TPSA) is 71.1 Å². The van der Waals surface area contributed by atoms with Crippen LogP contribution in [0.3, 0.4) is 0 Å². The van der Waals surface area contributed by atoms with Crippen LogP contribution in [0.5, 0.6) is 0 Å².